The number of nitrogens with zero attached hydrogens (tertiary/aromatic N) is 2. The van der Waals surface area contributed by atoms with Gasteiger partial charge in [-0.2, -0.15) is 0 Å². The zero-order valence-electron chi connectivity index (χ0n) is 11.5. The molecule has 1 saturated heterocycles. The van der Waals surface area contributed by atoms with Crippen LogP contribution in [0.5, 0.6) is 0 Å². The lowest BCUT2D eigenvalue weighted by Crippen LogP contribution is -2.48. The Labute approximate surface area is 105 Å². The first-order chi connectivity index (χ1) is 8.08. The lowest BCUT2D eigenvalue weighted by Gasteiger charge is -2.38. The van der Waals surface area contributed by atoms with Crippen molar-refractivity contribution in [3.05, 3.63) is 29.3 Å². The van der Waals surface area contributed by atoms with Crippen molar-refractivity contribution in [1.82, 2.24) is 4.90 Å². The molecule has 1 aliphatic rings. The first kappa shape index (κ1) is 12.4. The van der Waals surface area contributed by atoms with E-state index in [0.717, 1.165) is 13.1 Å². The highest BCUT2D eigenvalue weighted by Crippen LogP contribution is 2.20. The highest BCUT2D eigenvalue weighted by Gasteiger charge is 2.18. The smallest absolute Gasteiger partial charge is 0.0369 e. The molecule has 17 heavy (non-hydrogen) atoms. The first-order valence-corrected chi connectivity index (χ1v) is 6.64. The molecule has 0 radical (unpaired) electrons. The van der Waals surface area contributed by atoms with E-state index in [4.69, 9.17) is 0 Å². The number of piperazine rings is 1. The molecule has 2 nitrogen and oxygen atoms in total. The van der Waals surface area contributed by atoms with Gasteiger partial charge in [0.05, 0.1) is 0 Å². The number of aryl methyl sites for hydroxylation is 2. The van der Waals surface area contributed by atoms with Gasteiger partial charge in [-0.05, 0) is 51.0 Å². The van der Waals surface area contributed by atoms with E-state index in [0.29, 0.717) is 6.04 Å². The second kappa shape index (κ2) is 5.09. The summed E-state index contributed by atoms with van der Waals surface area (Å²) in [5, 5.41) is 0. The summed E-state index contributed by atoms with van der Waals surface area (Å²) in [6.45, 7) is 13.6. The van der Waals surface area contributed by atoms with E-state index in [-0.39, 0.29) is 0 Å². The van der Waals surface area contributed by atoms with Crippen LogP contribution in [0.1, 0.15) is 25.0 Å². The van der Waals surface area contributed by atoms with Crippen LogP contribution in [0.2, 0.25) is 0 Å². The predicted octanol–water partition coefficient (Wildman–Crippen LogP) is 2.83. The van der Waals surface area contributed by atoms with Crippen LogP contribution in [0, 0.1) is 13.8 Å². The third-order valence-electron chi connectivity index (χ3n) is 3.90. The van der Waals surface area contributed by atoms with E-state index in [9.17, 15) is 0 Å². The Morgan fingerprint density at radius 2 is 1.59 bits per heavy atom. The number of hydrogen-bond acceptors (Lipinski definition) is 2. The summed E-state index contributed by atoms with van der Waals surface area (Å²) < 4.78 is 0. The number of hydrogen-bond donors (Lipinski definition) is 0. The Morgan fingerprint density at radius 1 is 0.941 bits per heavy atom. The van der Waals surface area contributed by atoms with Crippen molar-refractivity contribution in [2.45, 2.75) is 33.7 Å². The van der Waals surface area contributed by atoms with Crippen LogP contribution in [-0.2, 0) is 0 Å². The monoisotopic (exact) mass is 232 g/mol. The van der Waals surface area contributed by atoms with Crippen molar-refractivity contribution in [2.75, 3.05) is 31.1 Å². The van der Waals surface area contributed by atoms with E-state index in [2.05, 4.69) is 55.7 Å². The first-order valence-electron chi connectivity index (χ1n) is 6.64. The van der Waals surface area contributed by atoms with E-state index in [1.165, 1.54) is 29.9 Å². The largest absolute Gasteiger partial charge is 0.369 e. The van der Waals surface area contributed by atoms with Gasteiger partial charge in [0.2, 0.25) is 0 Å². The molecule has 0 aliphatic carbocycles. The van der Waals surface area contributed by atoms with Gasteiger partial charge in [-0.1, -0.05) is 6.07 Å². The topological polar surface area (TPSA) is 6.48 Å². The van der Waals surface area contributed by atoms with Crippen molar-refractivity contribution in [3.8, 4) is 0 Å². The molecule has 1 aromatic rings. The molecule has 1 heterocycles. The second-order valence-corrected chi connectivity index (χ2v) is 5.39. The van der Waals surface area contributed by atoms with Crippen molar-refractivity contribution < 1.29 is 0 Å². The van der Waals surface area contributed by atoms with Gasteiger partial charge in [-0.15, -0.1) is 0 Å². The van der Waals surface area contributed by atoms with Crippen LogP contribution in [0.15, 0.2) is 18.2 Å². The number of anilines is 1. The van der Waals surface area contributed by atoms with Crippen LogP contribution in [0.4, 0.5) is 5.69 Å². The fraction of sp³-hybridized carbons (Fsp3) is 0.600. The molecule has 2 rings (SSSR count). The fourth-order valence-electron chi connectivity index (χ4n) is 2.42. The van der Waals surface area contributed by atoms with Gasteiger partial charge in [0.25, 0.3) is 0 Å². The normalized spacial score (nSPS) is 17.8. The van der Waals surface area contributed by atoms with Crippen molar-refractivity contribution in [2.24, 2.45) is 0 Å². The van der Waals surface area contributed by atoms with Crippen LogP contribution >= 0.6 is 0 Å². The van der Waals surface area contributed by atoms with Crippen LogP contribution in [-0.4, -0.2) is 37.1 Å². The van der Waals surface area contributed by atoms with Gasteiger partial charge in [0, 0.05) is 37.9 Å². The summed E-state index contributed by atoms with van der Waals surface area (Å²) >= 11 is 0. The van der Waals surface area contributed by atoms with Gasteiger partial charge < -0.3 is 4.90 Å². The highest BCUT2D eigenvalue weighted by atomic mass is 15.3. The summed E-state index contributed by atoms with van der Waals surface area (Å²) in [6, 6.07) is 7.49. The zero-order chi connectivity index (χ0) is 12.4. The minimum absolute atomic E-state index is 0.678. The molecule has 1 aromatic carbocycles. The molecule has 0 bridgehead atoms. The molecular formula is C15H24N2. The molecule has 0 atom stereocenters. The van der Waals surface area contributed by atoms with E-state index in [1.807, 2.05) is 0 Å². The molecule has 2 heteroatoms. The Kier molecular flexibility index (Phi) is 3.72. The van der Waals surface area contributed by atoms with Crippen LogP contribution < -0.4 is 4.90 Å². The average molecular weight is 232 g/mol. The number of rotatable bonds is 2. The molecule has 0 spiro atoms. The third-order valence-corrected chi connectivity index (χ3v) is 3.90. The molecule has 1 aliphatic heterocycles. The van der Waals surface area contributed by atoms with E-state index >= 15 is 0 Å². The maximum atomic E-state index is 2.55. The molecule has 0 aromatic heterocycles. The zero-order valence-corrected chi connectivity index (χ0v) is 11.5. The summed E-state index contributed by atoms with van der Waals surface area (Å²) in [5.41, 5.74) is 4.17. The molecule has 0 saturated carbocycles. The molecule has 0 N–H and O–H groups in total. The van der Waals surface area contributed by atoms with Crippen LogP contribution in [0.25, 0.3) is 0 Å². The minimum atomic E-state index is 0.678. The highest BCUT2D eigenvalue weighted by molar-refractivity contribution is 5.51. The van der Waals surface area contributed by atoms with E-state index in [1.54, 1.807) is 0 Å². The maximum Gasteiger partial charge on any atom is 0.0369 e. The maximum absolute atomic E-state index is 2.55. The standard InChI is InChI=1S/C15H24N2/c1-12(2)16-7-9-17(10-8-16)15-6-5-13(3)14(4)11-15/h5-6,11-12H,7-10H2,1-4H3. The lowest BCUT2D eigenvalue weighted by molar-refractivity contribution is 0.209. The van der Waals surface area contributed by atoms with Crippen molar-refractivity contribution in [1.29, 1.82) is 0 Å². The van der Waals surface area contributed by atoms with Gasteiger partial charge >= 0.3 is 0 Å². The Hall–Kier alpha value is -1.02. The quantitative estimate of drug-likeness (QED) is 0.773. The van der Waals surface area contributed by atoms with Gasteiger partial charge in [0.1, 0.15) is 0 Å². The Balaban J connectivity index is 2.03. The number of benzene rings is 1. The predicted molar refractivity (Wildman–Crippen MR) is 74.8 cm³/mol. The molecule has 0 unspecified atom stereocenters. The van der Waals surface area contributed by atoms with Gasteiger partial charge in [0.15, 0.2) is 0 Å². The fourth-order valence-corrected chi connectivity index (χ4v) is 2.42. The summed E-state index contributed by atoms with van der Waals surface area (Å²) in [6.07, 6.45) is 0. The Morgan fingerprint density at radius 3 is 2.12 bits per heavy atom. The van der Waals surface area contributed by atoms with Gasteiger partial charge in [-0.3, -0.25) is 4.90 Å². The van der Waals surface area contributed by atoms with Crippen molar-refractivity contribution >= 4 is 5.69 Å². The minimum Gasteiger partial charge on any atom is -0.369 e. The molecule has 0 amide bonds. The summed E-state index contributed by atoms with van der Waals surface area (Å²) in [7, 11) is 0. The molecular weight excluding hydrogens is 208 g/mol. The third kappa shape index (κ3) is 2.81. The molecule has 94 valence electrons. The summed E-state index contributed by atoms with van der Waals surface area (Å²) in [4.78, 5) is 5.06. The van der Waals surface area contributed by atoms with E-state index < -0.39 is 0 Å². The lowest BCUT2D eigenvalue weighted by atomic mass is 10.1. The molecule has 1 fully saturated rings. The Bertz CT molecular complexity index is 377. The SMILES string of the molecule is Cc1ccc(N2CCN(C(C)C)CC2)cc1C. The second-order valence-electron chi connectivity index (χ2n) is 5.39. The van der Waals surface area contributed by atoms with Crippen molar-refractivity contribution in [3.63, 3.8) is 0 Å². The van der Waals surface area contributed by atoms with Crippen LogP contribution in [0.3, 0.4) is 0 Å². The summed E-state index contributed by atoms with van der Waals surface area (Å²) in [5.74, 6) is 0. The van der Waals surface area contributed by atoms with Gasteiger partial charge in [-0.25, -0.2) is 0 Å². The average Bonchev–Trinajstić information content (AvgIpc) is 2.33.